The molecule has 0 aromatic rings. The highest BCUT2D eigenvalue weighted by molar-refractivity contribution is 4.96. The molecule has 1 N–H and O–H groups in total. The summed E-state index contributed by atoms with van der Waals surface area (Å²) in [5.74, 6) is 0. The standard InChI is InChI=1S/C12H22O2/c1-3-12(2)8-11-14-10-7-5-4-6-9-13/h6,8-9,13H,3-5,7,10-11H2,1-2H3. The molecule has 2 heteroatoms. The van der Waals surface area contributed by atoms with E-state index in [0.29, 0.717) is 0 Å². The van der Waals surface area contributed by atoms with Crippen LogP contribution in [0.5, 0.6) is 0 Å². The lowest BCUT2D eigenvalue weighted by Gasteiger charge is -2.00. The molecule has 0 bridgehead atoms. The van der Waals surface area contributed by atoms with Crippen molar-refractivity contribution in [1.29, 1.82) is 0 Å². The Kier molecular flexibility index (Phi) is 9.76. The zero-order valence-corrected chi connectivity index (χ0v) is 9.33. The Bertz CT molecular complexity index is 171. The van der Waals surface area contributed by atoms with E-state index in [1.165, 1.54) is 5.57 Å². The first-order valence-electron chi connectivity index (χ1n) is 5.33. The molecular formula is C12H22O2. The summed E-state index contributed by atoms with van der Waals surface area (Å²) in [6, 6.07) is 0. The van der Waals surface area contributed by atoms with Crippen LogP contribution in [0.15, 0.2) is 24.0 Å². The summed E-state index contributed by atoms with van der Waals surface area (Å²) < 4.78 is 5.42. The molecule has 82 valence electrons. The van der Waals surface area contributed by atoms with Crippen LogP contribution >= 0.6 is 0 Å². The number of allylic oxidation sites excluding steroid dienone is 2. The van der Waals surface area contributed by atoms with Gasteiger partial charge >= 0.3 is 0 Å². The van der Waals surface area contributed by atoms with Crippen LogP contribution in [0.3, 0.4) is 0 Å². The SMILES string of the molecule is CCC(C)=CCOCCCCC=CO. The Balaban J connectivity index is 3.14. The summed E-state index contributed by atoms with van der Waals surface area (Å²) >= 11 is 0. The number of rotatable bonds is 8. The van der Waals surface area contributed by atoms with E-state index in [9.17, 15) is 0 Å². The van der Waals surface area contributed by atoms with Crippen LogP contribution in [-0.2, 0) is 4.74 Å². The molecule has 0 aromatic carbocycles. The number of aliphatic hydroxyl groups is 1. The van der Waals surface area contributed by atoms with Crippen molar-refractivity contribution < 1.29 is 9.84 Å². The summed E-state index contributed by atoms with van der Waals surface area (Å²) in [6.45, 7) is 5.81. The van der Waals surface area contributed by atoms with Gasteiger partial charge in [-0.25, -0.2) is 0 Å². The van der Waals surface area contributed by atoms with Gasteiger partial charge in [-0.05, 0) is 32.6 Å². The molecule has 0 aliphatic rings. The zero-order valence-electron chi connectivity index (χ0n) is 9.33. The van der Waals surface area contributed by atoms with E-state index < -0.39 is 0 Å². The summed E-state index contributed by atoms with van der Waals surface area (Å²) in [5, 5.41) is 8.38. The maximum Gasteiger partial charge on any atom is 0.0751 e. The van der Waals surface area contributed by atoms with Crippen LogP contribution in [0.25, 0.3) is 0 Å². The summed E-state index contributed by atoms with van der Waals surface area (Å²) in [5.41, 5.74) is 1.38. The monoisotopic (exact) mass is 198 g/mol. The lowest BCUT2D eigenvalue weighted by molar-refractivity contribution is 0.157. The van der Waals surface area contributed by atoms with E-state index in [4.69, 9.17) is 9.84 Å². The van der Waals surface area contributed by atoms with Crippen molar-refractivity contribution in [2.24, 2.45) is 0 Å². The van der Waals surface area contributed by atoms with E-state index >= 15 is 0 Å². The smallest absolute Gasteiger partial charge is 0.0751 e. The third-order valence-electron chi connectivity index (χ3n) is 2.12. The first kappa shape index (κ1) is 13.2. The third-order valence-corrected chi connectivity index (χ3v) is 2.12. The molecule has 0 aromatic heterocycles. The van der Waals surface area contributed by atoms with Crippen molar-refractivity contribution in [3.8, 4) is 0 Å². The molecule has 0 fully saturated rings. The van der Waals surface area contributed by atoms with Gasteiger partial charge in [0.1, 0.15) is 0 Å². The predicted molar refractivity (Wildman–Crippen MR) is 60.5 cm³/mol. The van der Waals surface area contributed by atoms with Crippen LogP contribution in [0.2, 0.25) is 0 Å². The van der Waals surface area contributed by atoms with Gasteiger partial charge in [0, 0.05) is 6.61 Å². The van der Waals surface area contributed by atoms with E-state index in [2.05, 4.69) is 19.9 Å². The minimum atomic E-state index is 0.732. The summed E-state index contributed by atoms with van der Waals surface area (Å²) in [4.78, 5) is 0. The molecule has 0 amide bonds. The fraction of sp³-hybridized carbons (Fsp3) is 0.667. The minimum absolute atomic E-state index is 0.732. The van der Waals surface area contributed by atoms with Gasteiger partial charge in [0.05, 0.1) is 12.9 Å². The highest BCUT2D eigenvalue weighted by Crippen LogP contribution is 1.99. The molecular weight excluding hydrogens is 176 g/mol. The van der Waals surface area contributed by atoms with E-state index in [-0.39, 0.29) is 0 Å². The number of aliphatic hydroxyl groups excluding tert-OH is 1. The third kappa shape index (κ3) is 9.33. The molecule has 0 aliphatic heterocycles. The van der Waals surface area contributed by atoms with Crippen molar-refractivity contribution in [3.63, 3.8) is 0 Å². The Morgan fingerprint density at radius 1 is 1.36 bits per heavy atom. The second-order valence-corrected chi connectivity index (χ2v) is 3.36. The Labute approximate surface area is 87.3 Å². The first-order chi connectivity index (χ1) is 6.81. The summed E-state index contributed by atoms with van der Waals surface area (Å²) in [7, 11) is 0. The normalized spacial score (nSPS) is 12.6. The van der Waals surface area contributed by atoms with Crippen molar-refractivity contribution in [1.82, 2.24) is 0 Å². The molecule has 0 atom stereocenters. The van der Waals surface area contributed by atoms with Gasteiger partial charge in [0.25, 0.3) is 0 Å². The quantitative estimate of drug-likeness (QED) is 0.367. The first-order valence-corrected chi connectivity index (χ1v) is 5.33. The van der Waals surface area contributed by atoms with Crippen molar-refractivity contribution in [3.05, 3.63) is 24.0 Å². The zero-order chi connectivity index (χ0) is 10.6. The van der Waals surface area contributed by atoms with Crippen LogP contribution < -0.4 is 0 Å². The topological polar surface area (TPSA) is 29.5 Å². The number of ether oxygens (including phenoxy) is 1. The second-order valence-electron chi connectivity index (χ2n) is 3.36. The largest absolute Gasteiger partial charge is 0.516 e. The maximum atomic E-state index is 8.38. The molecule has 2 nitrogen and oxygen atoms in total. The van der Waals surface area contributed by atoms with Crippen LogP contribution in [-0.4, -0.2) is 18.3 Å². The highest BCUT2D eigenvalue weighted by atomic mass is 16.5. The van der Waals surface area contributed by atoms with Crippen molar-refractivity contribution in [2.45, 2.75) is 39.5 Å². The van der Waals surface area contributed by atoms with Crippen molar-refractivity contribution >= 4 is 0 Å². The van der Waals surface area contributed by atoms with E-state index in [1.807, 2.05) is 0 Å². The average Bonchev–Trinajstić information content (AvgIpc) is 2.21. The Hall–Kier alpha value is -0.760. The fourth-order valence-electron chi connectivity index (χ4n) is 0.970. The number of unbranched alkanes of at least 4 members (excludes halogenated alkanes) is 2. The van der Waals surface area contributed by atoms with Crippen LogP contribution in [0.1, 0.15) is 39.5 Å². The fourth-order valence-corrected chi connectivity index (χ4v) is 0.970. The second kappa shape index (κ2) is 10.3. The number of hydrogen-bond acceptors (Lipinski definition) is 2. The molecule has 0 saturated heterocycles. The average molecular weight is 198 g/mol. The molecule has 0 radical (unpaired) electrons. The number of hydrogen-bond donors (Lipinski definition) is 1. The van der Waals surface area contributed by atoms with E-state index in [0.717, 1.165) is 45.2 Å². The van der Waals surface area contributed by atoms with Crippen LogP contribution in [0.4, 0.5) is 0 Å². The van der Waals surface area contributed by atoms with Crippen LogP contribution in [0, 0.1) is 0 Å². The van der Waals surface area contributed by atoms with Gasteiger partial charge < -0.3 is 9.84 Å². The molecule has 14 heavy (non-hydrogen) atoms. The molecule has 0 saturated carbocycles. The minimum Gasteiger partial charge on any atom is -0.516 e. The molecule has 0 heterocycles. The molecule has 0 rings (SSSR count). The maximum absolute atomic E-state index is 8.38. The predicted octanol–water partition coefficient (Wildman–Crippen LogP) is 3.60. The lowest BCUT2D eigenvalue weighted by Crippen LogP contribution is -1.94. The molecule has 0 unspecified atom stereocenters. The highest BCUT2D eigenvalue weighted by Gasteiger charge is 1.88. The molecule has 0 spiro atoms. The Morgan fingerprint density at radius 2 is 2.14 bits per heavy atom. The van der Waals surface area contributed by atoms with Gasteiger partial charge in [-0.1, -0.05) is 24.6 Å². The molecule has 0 aliphatic carbocycles. The van der Waals surface area contributed by atoms with E-state index in [1.54, 1.807) is 6.08 Å². The van der Waals surface area contributed by atoms with Crippen molar-refractivity contribution in [2.75, 3.05) is 13.2 Å². The van der Waals surface area contributed by atoms with Gasteiger partial charge in [-0.2, -0.15) is 0 Å². The van der Waals surface area contributed by atoms with Gasteiger partial charge in [-0.15, -0.1) is 0 Å². The Morgan fingerprint density at radius 3 is 2.79 bits per heavy atom. The summed E-state index contributed by atoms with van der Waals surface area (Å²) in [6.07, 6.45) is 9.17. The lowest BCUT2D eigenvalue weighted by atomic mass is 10.2. The van der Waals surface area contributed by atoms with Gasteiger partial charge in [0.2, 0.25) is 0 Å². The van der Waals surface area contributed by atoms with Gasteiger partial charge in [0.15, 0.2) is 0 Å². The van der Waals surface area contributed by atoms with Gasteiger partial charge in [-0.3, -0.25) is 0 Å².